The van der Waals surface area contributed by atoms with Gasteiger partial charge in [-0.3, -0.25) is 0 Å². The van der Waals surface area contributed by atoms with E-state index in [1.54, 1.807) is 0 Å². The van der Waals surface area contributed by atoms with Crippen molar-refractivity contribution < 1.29 is 0 Å². The molecule has 0 amide bonds. The van der Waals surface area contributed by atoms with Crippen molar-refractivity contribution in [3.05, 3.63) is 12.3 Å². The van der Waals surface area contributed by atoms with Crippen molar-refractivity contribution in [3.63, 3.8) is 0 Å². The fourth-order valence-electron chi connectivity index (χ4n) is 1.57. The first-order valence-electron chi connectivity index (χ1n) is 6.35. The Balaban J connectivity index is 3.38. The smallest absolute Gasteiger partial charge is 0.0143 e. The number of nitrogens with two attached hydrogens (primary N) is 1. The van der Waals surface area contributed by atoms with Crippen LogP contribution in [-0.2, 0) is 0 Å². The molecule has 0 saturated heterocycles. The van der Waals surface area contributed by atoms with Gasteiger partial charge in [0.25, 0.3) is 0 Å². The quantitative estimate of drug-likeness (QED) is 0.546. The second kappa shape index (κ2) is 10.0. The molecule has 1 unspecified atom stereocenters. The summed E-state index contributed by atoms with van der Waals surface area (Å²) in [6.45, 7) is 10.4. The minimum atomic E-state index is 0.555. The van der Waals surface area contributed by atoms with Crippen molar-refractivity contribution in [2.45, 2.75) is 52.4 Å². The molecule has 0 aliphatic rings. The minimum absolute atomic E-state index is 0.555. The second-order valence-corrected chi connectivity index (χ2v) is 4.34. The Labute approximate surface area is 95.3 Å². The molecule has 15 heavy (non-hydrogen) atoms. The molecule has 0 aliphatic heterocycles. The fourth-order valence-corrected chi connectivity index (χ4v) is 1.57. The zero-order valence-corrected chi connectivity index (χ0v) is 10.5. The van der Waals surface area contributed by atoms with Crippen LogP contribution < -0.4 is 11.1 Å². The van der Waals surface area contributed by atoms with Crippen molar-refractivity contribution in [1.82, 2.24) is 5.32 Å². The maximum Gasteiger partial charge on any atom is 0.0143 e. The number of nitrogens with one attached hydrogen (secondary N) is 1. The molecule has 2 heteroatoms. The van der Waals surface area contributed by atoms with Crippen LogP contribution in [-0.4, -0.2) is 13.1 Å². The molecule has 3 N–H and O–H groups in total. The Bertz CT molecular complexity index is 155. The summed E-state index contributed by atoms with van der Waals surface area (Å²) in [5.41, 5.74) is 6.66. The zero-order valence-electron chi connectivity index (χ0n) is 10.5. The number of allylic oxidation sites excluding steroid dienone is 1. The largest absolute Gasteiger partial charge is 0.389 e. The van der Waals surface area contributed by atoms with E-state index < -0.39 is 0 Å². The average Bonchev–Trinajstić information content (AvgIpc) is 2.25. The van der Waals surface area contributed by atoms with Gasteiger partial charge in [0.1, 0.15) is 0 Å². The van der Waals surface area contributed by atoms with E-state index in [0.717, 1.165) is 25.9 Å². The first-order valence-corrected chi connectivity index (χ1v) is 6.35. The van der Waals surface area contributed by atoms with E-state index in [9.17, 15) is 0 Å². The highest BCUT2D eigenvalue weighted by Gasteiger charge is 2.04. The molecule has 90 valence electrons. The number of unbranched alkanes of at least 4 members (excludes halogenated alkanes) is 3. The van der Waals surface area contributed by atoms with E-state index >= 15 is 0 Å². The van der Waals surface area contributed by atoms with Crippen LogP contribution in [0, 0.1) is 5.92 Å². The third-order valence-electron chi connectivity index (χ3n) is 2.82. The predicted molar refractivity (Wildman–Crippen MR) is 68.7 cm³/mol. The van der Waals surface area contributed by atoms with Crippen LogP contribution in [0.25, 0.3) is 0 Å². The lowest BCUT2D eigenvalue weighted by Gasteiger charge is -2.16. The molecule has 0 fully saturated rings. The van der Waals surface area contributed by atoms with Crippen LogP contribution in [0.3, 0.4) is 0 Å². The lowest BCUT2D eigenvalue weighted by Crippen LogP contribution is -2.19. The minimum Gasteiger partial charge on any atom is -0.389 e. The Morgan fingerprint density at radius 1 is 1.27 bits per heavy atom. The molecule has 1 atom stereocenters. The molecule has 0 aromatic rings. The highest BCUT2D eigenvalue weighted by Crippen LogP contribution is 2.11. The third kappa shape index (κ3) is 8.49. The van der Waals surface area contributed by atoms with Gasteiger partial charge in [0.05, 0.1) is 0 Å². The molecule has 0 rings (SSSR count). The van der Waals surface area contributed by atoms with Crippen molar-refractivity contribution in [2.75, 3.05) is 13.1 Å². The molecule has 0 aromatic heterocycles. The Morgan fingerprint density at radius 2 is 2.00 bits per heavy atom. The van der Waals surface area contributed by atoms with Gasteiger partial charge in [-0.15, -0.1) is 0 Å². The number of rotatable bonds is 10. The molecule has 0 aliphatic carbocycles. The van der Waals surface area contributed by atoms with Gasteiger partial charge in [-0.05, 0) is 31.7 Å². The summed E-state index contributed by atoms with van der Waals surface area (Å²) < 4.78 is 0. The summed E-state index contributed by atoms with van der Waals surface area (Å²) in [5.74, 6) is 0.555. The van der Waals surface area contributed by atoms with Gasteiger partial charge in [0.2, 0.25) is 0 Å². The molecule has 0 bridgehead atoms. The van der Waals surface area contributed by atoms with Crippen LogP contribution in [0.15, 0.2) is 12.3 Å². The average molecular weight is 212 g/mol. The van der Waals surface area contributed by atoms with Crippen LogP contribution in [0.1, 0.15) is 52.4 Å². The lowest BCUT2D eigenvalue weighted by atomic mass is 10.0. The summed E-state index contributed by atoms with van der Waals surface area (Å²) >= 11 is 0. The topological polar surface area (TPSA) is 38.0 Å². The molecule has 0 aromatic carbocycles. The number of hydrogen-bond donors (Lipinski definition) is 2. The summed E-state index contributed by atoms with van der Waals surface area (Å²) in [4.78, 5) is 0. The third-order valence-corrected chi connectivity index (χ3v) is 2.82. The van der Waals surface area contributed by atoms with E-state index in [1.165, 1.54) is 31.4 Å². The molecular formula is C13H28N2. The summed E-state index contributed by atoms with van der Waals surface area (Å²) in [7, 11) is 0. The summed E-state index contributed by atoms with van der Waals surface area (Å²) in [5, 5.41) is 3.41. The van der Waals surface area contributed by atoms with Gasteiger partial charge in [-0.2, -0.15) is 0 Å². The molecule has 2 nitrogen and oxygen atoms in total. The monoisotopic (exact) mass is 212 g/mol. The summed E-state index contributed by atoms with van der Waals surface area (Å²) in [6.07, 6.45) is 7.48. The predicted octanol–water partition coefficient (Wildman–Crippen LogP) is 3.05. The molecular weight excluding hydrogens is 184 g/mol. The van der Waals surface area contributed by atoms with E-state index in [2.05, 4.69) is 25.7 Å². The molecule has 0 heterocycles. The first kappa shape index (κ1) is 14.5. The van der Waals surface area contributed by atoms with Crippen LogP contribution in [0.4, 0.5) is 0 Å². The maximum atomic E-state index is 5.48. The number of hydrogen-bond acceptors (Lipinski definition) is 2. The van der Waals surface area contributed by atoms with Gasteiger partial charge in [0.15, 0.2) is 0 Å². The van der Waals surface area contributed by atoms with Gasteiger partial charge < -0.3 is 11.1 Å². The molecule has 0 spiro atoms. The second-order valence-electron chi connectivity index (χ2n) is 4.34. The Kier molecular flexibility index (Phi) is 9.70. The van der Waals surface area contributed by atoms with E-state index in [0.29, 0.717) is 5.92 Å². The van der Waals surface area contributed by atoms with Crippen molar-refractivity contribution in [1.29, 1.82) is 0 Å². The van der Waals surface area contributed by atoms with E-state index in [1.807, 2.05) is 0 Å². The van der Waals surface area contributed by atoms with Crippen molar-refractivity contribution in [3.8, 4) is 0 Å². The maximum absolute atomic E-state index is 5.48. The Hall–Kier alpha value is -0.500. The first-order chi connectivity index (χ1) is 7.22. The lowest BCUT2D eigenvalue weighted by molar-refractivity contribution is 0.532. The normalized spacial score (nSPS) is 12.5. The zero-order chi connectivity index (χ0) is 11.5. The van der Waals surface area contributed by atoms with E-state index in [-0.39, 0.29) is 0 Å². The SMILES string of the molecule is C=C(NCCCCCC)C(C)CCCN. The van der Waals surface area contributed by atoms with Gasteiger partial charge in [-0.1, -0.05) is 39.7 Å². The Morgan fingerprint density at radius 3 is 2.60 bits per heavy atom. The standard InChI is InChI=1S/C13H28N2/c1-4-5-6-7-11-15-13(3)12(2)9-8-10-14/h12,15H,3-11,14H2,1-2H3. The van der Waals surface area contributed by atoms with Crippen LogP contribution in [0.5, 0.6) is 0 Å². The highest BCUT2D eigenvalue weighted by atomic mass is 14.9. The van der Waals surface area contributed by atoms with E-state index in [4.69, 9.17) is 5.73 Å². The molecule has 0 saturated carbocycles. The van der Waals surface area contributed by atoms with Crippen LogP contribution >= 0.6 is 0 Å². The van der Waals surface area contributed by atoms with Gasteiger partial charge in [0, 0.05) is 12.2 Å². The molecule has 0 radical (unpaired) electrons. The van der Waals surface area contributed by atoms with Gasteiger partial charge >= 0.3 is 0 Å². The fraction of sp³-hybridized carbons (Fsp3) is 0.846. The van der Waals surface area contributed by atoms with Crippen molar-refractivity contribution in [2.24, 2.45) is 11.7 Å². The highest BCUT2D eigenvalue weighted by molar-refractivity contribution is 4.95. The summed E-state index contributed by atoms with van der Waals surface area (Å²) in [6, 6.07) is 0. The van der Waals surface area contributed by atoms with Crippen LogP contribution in [0.2, 0.25) is 0 Å². The van der Waals surface area contributed by atoms with Crippen molar-refractivity contribution >= 4 is 0 Å². The van der Waals surface area contributed by atoms with Gasteiger partial charge in [-0.25, -0.2) is 0 Å².